The average molecular weight is 324 g/mol. The molecule has 0 saturated heterocycles. The van der Waals surface area contributed by atoms with Gasteiger partial charge in [-0.3, -0.25) is 0 Å². The molecular weight excluding hydrogens is 296 g/mol. The van der Waals surface area contributed by atoms with E-state index in [1.165, 1.54) is 5.56 Å². The van der Waals surface area contributed by atoms with Crippen LogP contribution in [0, 0.1) is 5.92 Å². The smallest absolute Gasteiger partial charge is 0.134 e. The number of rotatable bonds is 3. The lowest BCUT2D eigenvalue weighted by molar-refractivity contribution is 0.110. The Bertz CT molecular complexity index is 826. The molecule has 1 aromatic heterocycles. The van der Waals surface area contributed by atoms with Gasteiger partial charge in [0.15, 0.2) is 0 Å². The first kappa shape index (κ1) is 17.0. The fourth-order valence-electron chi connectivity index (χ4n) is 3.46. The molecule has 1 aromatic carbocycles. The van der Waals surface area contributed by atoms with Crippen LogP contribution in [0.2, 0.25) is 0 Å². The number of nitrogens with one attached hydrogen (secondary N) is 1. The first-order chi connectivity index (χ1) is 11.1. The highest BCUT2D eigenvalue weighted by molar-refractivity contribution is 5.80. The zero-order valence-corrected chi connectivity index (χ0v) is 15.6. The maximum Gasteiger partial charge on any atom is 0.134 e. The minimum absolute atomic E-state index is 0.110. The van der Waals surface area contributed by atoms with Crippen molar-refractivity contribution in [2.24, 2.45) is 5.92 Å². The molecule has 0 fully saturated rings. The van der Waals surface area contributed by atoms with Gasteiger partial charge in [0.05, 0.1) is 16.6 Å². The van der Waals surface area contributed by atoms with E-state index >= 15 is 0 Å². The Morgan fingerprint density at radius 2 is 1.88 bits per heavy atom. The first-order valence-electron chi connectivity index (χ1n) is 8.68. The Balaban J connectivity index is 2.11. The molecule has 0 aliphatic heterocycles. The van der Waals surface area contributed by atoms with Gasteiger partial charge >= 0.3 is 0 Å². The summed E-state index contributed by atoms with van der Waals surface area (Å²) in [5.41, 5.74) is 4.67. The fraction of sp³-hybridized carbons (Fsp3) is 0.476. The van der Waals surface area contributed by atoms with Crippen molar-refractivity contribution in [3.63, 3.8) is 0 Å². The van der Waals surface area contributed by atoms with Gasteiger partial charge in [-0.15, -0.1) is 0 Å². The highest BCUT2D eigenvalue weighted by Gasteiger charge is 2.31. The highest BCUT2D eigenvalue weighted by Crippen LogP contribution is 2.38. The molecule has 0 spiro atoms. The van der Waals surface area contributed by atoms with E-state index in [0.717, 1.165) is 34.4 Å². The molecule has 1 aliphatic carbocycles. The van der Waals surface area contributed by atoms with E-state index in [-0.39, 0.29) is 5.41 Å². The van der Waals surface area contributed by atoms with Crippen LogP contribution in [0.4, 0.5) is 0 Å². The molecule has 3 nitrogen and oxygen atoms in total. The van der Waals surface area contributed by atoms with Gasteiger partial charge in [0, 0.05) is 5.92 Å². The number of nitrogens with zero attached hydrogens (tertiary/aromatic N) is 1. The minimum Gasteiger partial charge on any atom is -0.386 e. The van der Waals surface area contributed by atoms with Crippen molar-refractivity contribution in [1.29, 1.82) is 0 Å². The van der Waals surface area contributed by atoms with Crippen molar-refractivity contribution in [1.82, 2.24) is 9.97 Å². The van der Waals surface area contributed by atoms with E-state index in [4.69, 9.17) is 4.98 Å². The third-order valence-corrected chi connectivity index (χ3v) is 4.90. The summed E-state index contributed by atoms with van der Waals surface area (Å²) in [7, 11) is 0. The lowest BCUT2D eigenvalue weighted by Gasteiger charge is -2.32. The summed E-state index contributed by atoms with van der Waals surface area (Å²) >= 11 is 0. The van der Waals surface area contributed by atoms with E-state index in [2.05, 4.69) is 63.0 Å². The van der Waals surface area contributed by atoms with Crippen LogP contribution in [0.25, 0.3) is 16.6 Å². The average Bonchev–Trinajstić information content (AvgIpc) is 2.82. The predicted molar refractivity (Wildman–Crippen MR) is 101 cm³/mol. The molecule has 0 saturated carbocycles. The van der Waals surface area contributed by atoms with Gasteiger partial charge in [0.25, 0.3) is 0 Å². The molecule has 1 heterocycles. The summed E-state index contributed by atoms with van der Waals surface area (Å²) in [5.74, 6) is 1.16. The summed E-state index contributed by atoms with van der Waals surface area (Å²) in [6.45, 7) is 12.4. The third-order valence-electron chi connectivity index (χ3n) is 4.90. The van der Waals surface area contributed by atoms with Crippen LogP contribution in [-0.4, -0.2) is 20.7 Å². The van der Waals surface area contributed by atoms with Crippen molar-refractivity contribution in [2.75, 3.05) is 0 Å². The van der Waals surface area contributed by atoms with Crippen LogP contribution in [0.3, 0.4) is 0 Å². The van der Waals surface area contributed by atoms with Crippen molar-refractivity contribution in [2.45, 2.75) is 59.0 Å². The SMILES string of the molecule is C/C(=C(\C1C=CC1)C(C)(C)O)c1nc2ccc(C(C)(C)C)cc2[nH]1. The van der Waals surface area contributed by atoms with E-state index in [1.807, 2.05) is 13.8 Å². The number of aliphatic hydroxyl groups is 1. The Hall–Kier alpha value is -1.87. The lowest BCUT2D eigenvalue weighted by Crippen LogP contribution is -2.29. The summed E-state index contributed by atoms with van der Waals surface area (Å²) in [5, 5.41) is 10.6. The molecule has 24 heavy (non-hydrogen) atoms. The van der Waals surface area contributed by atoms with Crippen molar-refractivity contribution in [3.05, 3.63) is 47.3 Å². The van der Waals surface area contributed by atoms with Crippen LogP contribution in [0.1, 0.15) is 59.4 Å². The summed E-state index contributed by atoms with van der Waals surface area (Å²) in [6.07, 6.45) is 5.31. The molecule has 1 aliphatic rings. The number of hydrogen-bond acceptors (Lipinski definition) is 2. The van der Waals surface area contributed by atoms with Gasteiger partial charge < -0.3 is 10.1 Å². The van der Waals surface area contributed by atoms with Gasteiger partial charge in [-0.1, -0.05) is 39.0 Å². The van der Waals surface area contributed by atoms with Gasteiger partial charge in [-0.05, 0) is 61.4 Å². The zero-order valence-electron chi connectivity index (χ0n) is 15.6. The summed E-state index contributed by atoms with van der Waals surface area (Å²) in [4.78, 5) is 8.22. The van der Waals surface area contributed by atoms with Crippen LogP contribution >= 0.6 is 0 Å². The third kappa shape index (κ3) is 3.05. The molecule has 1 atom stereocenters. The second-order valence-corrected chi connectivity index (χ2v) is 8.44. The molecule has 2 aromatic rings. The van der Waals surface area contributed by atoms with Crippen LogP contribution in [-0.2, 0) is 5.41 Å². The standard InChI is InChI=1S/C21H28N2O/c1-13(18(21(5,6)24)14-8-7-9-14)19-22-16-11-10-15(20(2,3)4)12-17(16)23-19/h7-8,10-12,14,24H,9H2,1-6H3,(H,22,23)/b18-13-. The van der Waals surface area contributed by atoms with E-state index in [1.54, 1.807) is 0 Å². The number of aromatic nitrogens is 2. The summed E-state index contributed by atoms with van der Waals surface area (Å²) in [6, 6.07) is 6.42. The Kier molecular flexibility index (Phi) is 3.95. The first-order valence-corrected chi connectivity index (χ1v) is 8.68. The Morgan fingerprint density at radius 1 is 1.21 bits per heavy atom. The van der Waals surface area contributed by atoms with E-state index in [9.17, 15) is 5.11 Å². The number of imidazole rings is 1. The molecule has 1 unspecified atom stereocenters. The fourth-order valence-corrected chi connectivity index (χ4v) is 3.46. The molecule has 0 bridgehead atoms. The Morgan fingerprint density at radius 3 is 2.38 bits per heavy atom. The van der Waals surface area contributed by atoms with Crippen molar-refractivity contribution >= 4 is 16.6 Å². The van der Waals surface area contributed by atoms with E-state index < -0.39 is 5.60 Å². The maximum absolute atomic E-state index is 10.6. The van der Waals surface area contributed by atoms with Crippen LogP contribution in [0.5, 0.6) is 0 Å². The van der Waals surface area contributed by atoms with Gasteiger partial charge in [-0.2, -0.15) is 0 Å². The van der Waals surface area contributed by atoms with Gasteiger partial charge in [-0.25, -0.2) is 4.98 Å². The molecule has 128 valence electrons. The highest BCUT2D eigenvalue weighted by atomic mass is 16.3. The van der Waals surface area contributed by atoms with Crippen LogP contribution in [0.15, 0.2) is 35.9 Å². The topological polar surface area (TPSA) is 48.9 Å². The normalized spacial score (nSPS) is 19.4. The minimum atomic E-state index is -0.852. The number of benzene rings is 1. The number of hydrogen-bond donors (Lipinski definition) is 2. The molecular formula is C21H28N2O. The van der Waals surface area contributed by atoms with Crippen molar-refractivity contribution in [3.8, 4) is 0 Å². The molecule has 3 heteroatoms. The molecule has 2 N–H and O–H groups in total. The van der Waals surface area contributed by atoms with E-state index in [0.29, 0.717) is 5.92 Å². The zero-order chi connectivity index (χ0) is 17.7. The lowest BCUT2D eigenvalue weighted by atomic mass is 9.77. The number of allylic oxidation sites excluding steroid dienone is 3. The quantitative estimate of drug-likeness (QED) is 0.782. The second-order valence-electron chi connectivity index (χ2n) is 8.44. The second kappa shape index (κ2) is 5.59. The van der Waals surface area contributed by atoms with Crippen molar-refractivity contribution < 1.29 is 5.11 Å². The molecule has 0 radical (unpaired) electrons. The van der Waals surface area contributed by atoms with Gasteiger partial charge in [0.1, 0.15) is 5.82 Å². The van der Waals surface area contributed by atoms with Gasteiger partial charge in [0.2, 0.25) is 0 Å². The largest absolute Gasteiger partial charge is 0.386 e. The molecule has 0 amide bonds. The molecule has 3 rings (SSSR count). The summed E-state index contributed by atoms with van der Waals surface area (Å²) < 4.78 is 0. The number of aromatic amines is 1. The number of fused-ring (bicyclic) bond motifs is 1. The maximum atomic E-state index is 10.6. The number of H-pyrrole nitrogens is 1. The monoisotopic (exact) mass is 324 g/mol. The predicted octanol–water partition coefficient (Wildman–Crippen LogP) is 4.98. The van der Waals surface area contributed by atoms with Crippen LogP contribution < -0.4 is 0 Å². The Labute approximate surface area is 144 Å².